The summed E-state index contributed by atoms with van der Waals surface area (Å²) >= 11 is 0. The highest BCUT2D eigenvalue weighted by Crippen LogP contribution is 2.63. The molecular weight excluding hydrogens is 272 g/mol. The zero-order valence-corrected chi connectivity index (χ0v) is 14.5. The predicted molar refractivity (Wildman–Crippen MR) is 89.6 cm³/mol. The highest BCUT2D eigenvalue weighted by molar-refractivity contribution is 5.75. The van der Waals surface area contributed by atoms with E-state index in [2.05, 4.69) is 26.8 Å². The quantitative estimate of drug-likeness (QED) is 0.709. The number of carbonyl (C=O) groups is 1. The van der Waals surface area contributed by atoms with Gasteiger partial charge in [-0.25, -0.2) is 0 Å². The van der Waals surface area contributed by atoms with Gasteiger partial charge in [-0.2, -0.15) is 0 Å². The highest BCUT2D eigenvalue weighted by Gasteiger charge is 2.57. The van der Waals surface area contributed by atoms with Crippen molar-refractivity contribution < 1.29 is 9.90 Å². The molecule has 2 saturated carbocycles. The number of rotatable bonds is 1. The van der Waals surface area contributed by atoms with E-state index in [-0.39, 0.29) is 5.41 Å². The van der Waals surface area contributed by atoms with Crippen molar-refractivity contribution in [1.29, 1.82) is 0 Å². The van der Waals surface area contributed by atoms with Crippen LogP contribution < -0.4 is 0 Å². The standard InChI is InChI=1S/C20H30O2/c1-13(2)14-6-8-16-15(12-14)7-9-17-19(16,3)10-5-11-20(17,4)18(21)22/h12,16-17H,5-11H2,1-4H3,(H,21,22)/t16?,17?,19-,20-/m1/s1. The van der Waals surface area contributed by atoms with Gasteiger partial charge in [-0.05, 0) is 82.1 Å². The maximum absolute atomic E-state index is 12.0. The van der Waals surface area contributed by atoms with E-state index in [9.17, 15) is 9.90 Å². The Morgan fingerprint density at radius 3 is 2.55 bits per heavy atom. The van der Waals surface area contributed by atoms with Crippen LogP contribution in [0.3, 0.4) is 0 Å². The maximum atomic E-state index is 12.0. The van der Waals surface area contributed by atoms with Crippen LogP contribution in [0.1, 0.15) is 72.6 Å². The fourth-order valence-electron chi connectivity index (χ4n) is 5.82. The van der Waals surface area contributed by atoms with Crippen LogP contribution in [0.15, 0.2) is 22.8 Å². The van der Waals surface area contributed by atoms with Crippen molar-refractivity contribution in [3.63, 3.8) is 0 Å². The number of aliphatic carboxylic acids is 1. The lowest BCUT2D eigenvalue weighted by Gasteiger charge is -2.58. The molecule has 3 aliphatic carbocycles. The van der Waals surface area contributed by atoms with Gasteiger partial charge in [0.25, 0.3) is 0 Å². The number of carboxylic acid groups (broad SMARTS) is 1. The molecule has 0 heterocycles. The zero-order chi connectivity index (χ0) is 16.1. The Morgan fingerprint density at radius 1 is 1.18 bits per heavy atom. The summed E-state index contributed by atoms with van der Waals surface area (Å²) in [5, 5.41) is 9.84. The summed E-state index contributed by atoms with van der Waals surface area (Å²) in [6.45, 7) is 8.82. The molecule has 2 nitrogen and oxygen atoms in total. The van der Waals surface area contributed by atoms with E-state index < -0.39 is 11.4 Å². The Morgan fingerprint density at radius 2 is 1.91 bits per heavy atom. The van der Waals surface area contributed by atoms with Crippen LogP contribution in [0.5, 0.6) is 0 Å². The zero-order valence-electron chi connectivity index (χ0n) is 14.5. The third-order valence-electron chi connectivity index (χ3n) is 7.13. The maximum Gasteiger partial charge on any atom is 0.309 e. The van der Waals surface area contributed by atoms with E-state index in [1.54, 1.807) is 5.57 Å². The first-order chi connectivity index (χ1) is 10.3. The minimum atomic E-state index is -0.573. The summed E-state index contributed by atoms with van der Waals surface area (Å²) in [6.07, 6.45) is 10.1. The lowest BCUT2D eigenvalue weighted by molar-refractivity contribution is -0.164. The molecule has 0 aromatic carbocycles. The second kappa shape index (κ2) is 5.25. The van der Waals surface area contributed by atoms with Crippen molar-refractivity contribution >= 4 is 5.97 Å². The first-order valence-electron chi connectivity index (χ1n) is 8.89. The van der Waals surface area contributed by atoms with Gasteiger partial charge >= 0.3 is 5.97 Å². The first kappa shape index (κ1) is 15.8. The Labute approximate surface area is 134 Å². The molecule has 0 spiro atoms. The molecule has 0 radical (unpaired) electrons. The number of carboxylic acids is 1. The second-order valence-electron chi connectivity index (χ2n) is 8.51. The predicted octanol–water partition coefficient (Wildman–Crippen LogP) is 5.35. The molecule has 2 unspecified atom stereocenters. The topological polar surface area (TPSA) is 37.3 Å². The lowest BCUT2D eigenvalue weighted by atomic mass is 9.46. The average Bonchev–Trinajstić information content (AvgIpc) is 2.46. The lowest BCUT2D eigenvalue weighted by Crippen LogP contribution is -2.53. The Hall–Kier alpha value is -1.05. The Kier molecular flexibility index (Phi) is 3.78. The smallest absolute Gasteiger partial charge is 0.309 e. The average molecular weight is 302 g/mol. The van der Waals surface area contributed by atoms with Crippen molar-refractivity contribution in [3.05, 3.63) is 22.8 Å². The molecule has 0 aliphatic heterocycles. The summed E-state index contributed by atoms with van der Waals surface area (Å²) < 4.78 is 0. The van der Waals surface area contributed by atoms with Crippen LogP contribution >= 0.6 is 0 Å². The van der Waals surface area contributed by atoms with Crippen LogP contribution in [0.4, 0.5) is 0 Å². The molecule has 122 valence electrons. The summed E-state index contributed by atoms with van der Waals surface area (Å²) in [4.78, 5) is 12.0. The van der Waals surface area contributed by atoms with Gasteiger partial charge in [0.2, 0.25) is 0 Å². The first-order valence-corrected chi connectivity index (χ1v) is 8.89. The summed E-state index contributed by atoms with van der Waals surface area (Å²) in [6, 6.07) is 0. The number of hydrogen-bond acceptors (Lipinski definition) is 1. The second-order valence-corrected chi connectivity index (χ2v) is 8.51. The molecule has 2 fully saturated rings. The summed E-state index contributed by atoms with van der Waals surface area (Å²) in [5.74, 6) is 0.367. The normalized spacial score (nSPS) is 41.3. The van der Waals surface area contributed by atoms with Crippen LogP contribution in [-0.2, 0) is 4.79 Å². The molecule has 4 atom stereocenters. The monoisotopic (exact) mass is 302 g/mol. The van der Waals surface area contributed by atoms with Crippen molar-refractivity contribution in [2.24, 2.45) is 22.7 Å². The molecule has 22 heavy (non-hydrogen) atoms. The molecule has 3 aliphatic rings. The number of fused-ring (bicyclic) bond motifs is 3. The minimum absolute atomic E-state index is 0.183. The molecule has 0 saturated heterocycles. The van der Waals surface area contributed by atoms with Gasteiger partial charge < -0.3 is 5.11 Å². The number of hydrogen-bond donors (Lipinski definition) is 1. The number of allylic oxidation sites excluding steroid dienone is 4. The van der Waals surface area contributed by atoms with Gasteiger partial charge in [-0.3, -0.25) is 4.79 Å². The van der Waals surface area contributed by atoms with Gasteiger partial charge in [-0.15, -0.1) is 0 Å². The van der Waals surface area contributed by atoms with Gasteiger partial charge in [0.05, 0.1) is 5.41 Å². The molecule has 0 amide bonds. The summed E-state index contributed by atoms with van der Waals surface area (Å²) in [5.41, 5.74) is 4.23. The van der Waals surface area contributed by atoms with Crippen molar-refractivity contribution in [2.45, 2.75) is 72.6 Å². The molecule has 2 heteroatoms. The van der Waals surface area contributed by atoms with E-state index in [1.165, 1.54) is 30.4 Å². The van der Waals surface area contributed by atoms with Gasteiger partial charge in [0.1, 0.15) is 0 Å². The van der Waals surface area contributed by atoms with Gasteiger partial charge in [0.15, 0.2) is 0 Å². The Balaban J connectivity index is 1.99. The molecule has 0 aromatic heterocycles. The van der Waals surface area contributed by atoms with Crippen LogP contribution in [-0.4, -0.2) is 11.1 Å². The highest BCUT2D eigenvalue weighted by atomic mass is 16.4. The molecular formula is C20H30O2. The van der Waals surface area contributed by atoms with Gasteiger partial charge in [-0.1, -0.05) is 30.6 Å². The SMILES string of the molecule is CC(C)=C1C=C2CCC3[C@](C)(CCC[C@@]3(C)C(=O)O)C2CC1. The van der Waals surface area contributed by atoms with Crippen LogP contribution in [0, 0.1) is 22.7 Å². The largest absolute Gasteiger partial charge is 0.481 e. The fraction of sp³-hybridized carbons (Fsp3) is 0.750. The van der Waals surface area contributed by atoms with Crippen LogP contribution in [0.2, 0.25) is 0 Å². The van der Waals surface area contributed by atoms with E-state index in [4.69, 9.17) is 0 Å². The van der Waals surface area contributed by atoms with E-state index >= 15 is 0 Å². The molecule has 1 N–H and O–H groups in total. The van der Waals surface area contributed by atoms with Crippen LogP contribution in [0.25, 0.3) is 0 Å². The molecule has 0 bridgehead atoms. The van der Waals surface area contributed by atoms with Gasteiger partial charge in [0, 0.05) is 0 Å². The minimum Gasteiger partial charge on any atom is -0.481 e. The Bertz CT molecular complexity index is 552. The van der Waals surface area contributed by atoms with Crippen molar-refractivity contribution in [1.82, 2.24) is 0 Å². The van der Waals surface area contributed by atoms with Crippen molar-refractivity contribution in [3.8, 4) is 0 Å². The molecule has 0 aromatic rings. The van der Waals surface area contributed by atoms with E-state index in [0.717, 1.165) is 25.7 Å². The summed E-state index contributed by atoms with van der Waals surface area (Å²) in [7, 11) is 0. The van der Waals surface area contributed by atoms with E-state index in [1.807, 2.05) is 6.92 Å². The fourth-order valence-corrected chi connectivity index (χ4v) is 5.82. The third-order valence-corrected chi connectivity index (χ3v) is 7.13. The van der Waals surface area contributed by atoms with Crippen molar-refractivity contribution in [2.75, 3.05) is 0 Å². The third kappa shape index (κ3) is 2.18. The molecule has 3 rings (SSSR count). The van der Waals surface area contributed by atoms with E-state index in [0.29, 0.717) is 11.8 Å².